The second kappa shape index (κ2) is 5.28. The number of hydrogen-bond donors (Lipinski definition) is 3. The monoisotopic (exact) mass is 315 g/mol. The molecule has 0 bridgehead atoms. The topological polar surface area (TPSA) is 98.2 Å². The van der Waals surface area contributed by atoms with Gasteiger partial charge in [-0.05, 0) is 36.4 Å². The average molecular weight is 316 g/mol. The van der Waals surface area contributed by atoms with Crippen molar-refractivity contribution in [2.75, 3.05) is 11.1 Å². The smallest absolute Gasteiger partial charge is 0.240 e. The minimum Gasteiger partial charge on any atom is -0.398 e. The molecule has 2 aromatic carbocycles. The normalized spacial score (nSPS) is 11.3. The summed E-state index contributed by atoms with van der Waals surface area (Å²) in [6.45, 7) is 0. The zero-order valence-electron chi connectivity index (χ0n) is 10.1. The molecule has 0 saturated carbocycles. The molecule has 5 N–H and O–H groups in total. The molecule has 0 spiro atoms. The van der Waals surface area contributed by atoms with E-state index in [9.17, 15) is 12.8 Å². The molecule has 2 rings (SSSR count). The van der Waals surface area contributed by atoms with Gasteiger partial charge in [-0.25, -0.2) is 17.9 Å². The van der Waals surface area contributed by atoms with Gasteiger partial charge < -0.3 is 11.1 Å². The van der Waals surface area contributed by atoms with E-state index in [1.807, 2.05) is 0 Å². The lowest BCUT2D eigenvalue weighted by Crippen LogP contribution is -2.14. The van der Waals surface area contributed by atoms with Crippen molar-refractivity contribution in [2.45, 2.75) is 4.90 Å². The SMILES string of the molecule is Nc1cc(Nc2ccc(F)cc2Cl)ccc1S(N)(=O)=O. The van der Waals surface area contributed by atoms with E-state index in [1.165, 1.54) is 30.3 Å². The standard InChI is InChI=1S/C12H11ClFN3O2S/c13-9-5-7(14)1-3-11(9)17-8-2-4-12(10(15)6-8)20(16,18)19/h1-6,17H,15H2,(H2,16,18,19). The first-order valence-corrected chi connectivity index (χ1v) is 7.34. The van der Waals surface area contributed by atoms with Gasteiger partial charge in [0.25, 0.3) is 0 Å². The van der Waals surface area contributed by atoms with E-state index in [4.69, 9.17) is 22.5 Å². The zero-order valence-corrected chi connectivity index (χ0v) is 11.7. The van der Waals surface area contributed by atoms with Crippen LogP contribution in [0.2, 0.25) is 5.02 Å². The van der Waals surface area contributed by atoms with Gasteiger partial charge in [0, 0.05) is 5.69 Å². The molecule has 0 aromatic heterocycles. The number of hydrogen-bond acceptors (Lipinski definition) is 4. The van der Waals surface area contributed by atoms with E-state index in [-0.39, 0.29) is 15.6 Å². The van der Waals surface area contributed by atoms with Gasteiger partial charge in [0.2, 0.25) is 10.0 Å². The molecule has 0 amide bonds. The molecule has 0 fully saturated rings. The summed E-state index contributed by atoms with van der Waals surface area (Å²) in [6, 6.07) is 8.03. The molecule has 8 heteroatoms. The maximum Gasteiger partial charge on any atom is 0.240 e. The first-order chi connectivity index (χ1) is 9.27. The molecule has 2 aromatic rings. The Morgan fingerprint density at radius 2 is 1.85 bits per heavy atom. The van der Waals surface area contributed by atoms with Gasteiger partial charge in [-0.2, -0.15) is 0 Å². The quantitative estimate of drug-likeness (QED) is 0.758. The van der Waals surface area contributed by atoms with Crippen molar-refractivity contribution >= 4 is 38.7 Å². The van der Waals surface area contributed by atoms with Crippen LogP contribution >= 0.6 is 11.6 Å². The van der Waals surface area contributed by atoms with Crippen molar-refractivity contribution in [2.24, 2.45) is 5.14 Å². The van der Waals surface area contributed by atoms with Crippen LogP contribution in [0.5, 0.6) is 0 Å². The molecule has 106 valence electrons. The number of nitrogen functional groups attached to an aromatic ring is 1. The van der Waals surface area contributed by atoms with Gasteiger partial charge in [-0.3, -0.25) is 0 Å². The average Bonchev–Trinajstić information content (AvgIpc) is 2.31. The highest BCUT2D eigenvalue weighted by Gasteiger charge is 2.12. The Bertz CT molecular complexity index is 765. The van der Waals surface area contributed by atoms with E-state index >= 15 is 0 Å². The second-order valence-electron chi connectivity index (χ2n) is 4.05. The first kappa shape index (κ1) is 14.6. The molecule has 0 heterocycles. The van der Waals surface area contributed by atoms with E-state index in [0.29, 0.717) is 11.4 Å². The van der Waals surface area contributed by atoms with Crippen LogP contribution in [0, 0.1) is 5.82 Å². The molecule has 0 atom stereocenters. The molecule has 5 nitrogen and oxygen atoms in total. The summed E-state index contributed by atoms with van der Waals surface area (Å²) in [5.41, 5.74) is 6.61. The van der Waals surface area contributed by atoms with Crippen molar-refractivity contribution in [1.29, 1.82) is 0 Å². The van der Waals surface area contributed by atoms with Gasteiger partial charge in [0.15, 0.2) is 0 Å². The van der Waals surface area contributed by atoms with Crippen molar-refractivity contribution in [3.05, 3.63) is 47.2 Å². The lowest BCUT2D eigenvalue weighted by molar-refractivity contribution is 0.598. The number of anilines is 3. The zero-order chi connectivity index (χ0) is 14.9. The highest BCUT2D eigenvalue weighted by atomic mass is 35.5. The Morgan fingerprint density at radius 3 is 2.40 bits per heavy atom. The molecule has 20 heavy (non-hydrogen) atoms. The van der Waals surface area contributed by atoms with Gasteiger partial charge in [0.1, 0.15) is 10.7 Å². The molecule has 0 aliphatic rings. The van der Waals surface area contributed by atoms with Crippen LogP contribution < -0.4 is 16.2 Å². The summed E-state index contributed by atoms with van der Waals surface area (Å²) in [6.07, 6.45) is 0. The molecule has 0 saturated heterocycles. The number of benzene rings is 2. The minimum atomic E-state index is -3.87. The summed E-state index contributed by atoms with van der Waals surface area (Å²) in [5, 5.41) is 8.11. The van der Waals surface area contributed by atoms with Gasteiger partial charge in [-0.15, -0.1) is 0 Å². The maximum atomic E-state index is 12.9. The number of primary sulfonamides is 1. The first-order valence-electron chi connectivity index (χ1n) is 5.42. The van der Waals surface area contributed by atoms with E-state index < -0.39 is 15.8 Å². The Hall–Kier alpha value is -1.83. The van der Waals surface area contributed by atoms with Crippen LogP contribution in [0.25, 0.3) is 0 Å². The van der Waals surface area contributed by atoms with Crippen LogP contribution in [0.1, 0.15) is 0 Å². The predicted molar refractivity (Wildman–Crippen MR) is 76.9 cm³/mol. The highest BCUT2D eigenvalue weighted by molar-refractivity contribution is 7.89. The number of halogens is 2. The Labute approximate surface area is 120 Å². The van der Waals surface area contributed by atoms with Crippen LogP contribution in [0.3, 0.4) is 0 Å². The number of nitrogens with one attached hydrogen (secondary N) is 1. The van der Waals surface area contributed by atoms with Crippen molar-refractivity contribution < 1.29 is 12.8 Å². The summed E-state index contributed by atoms with van der Waals surface area (Å²) >= 11 is 5.87. The lowest BCUT2D eigenvalue weighted by atomic mass is 10.2. The predicted octanol–water partition coefficient (Wildman–Crippen LogP) is 2.45. The van der Waals surface area contributed by atoms with Crippen LogP contribution in [-0.4, -0.2) is 8.42 Å². The molecular weight excluding hydrogens is 305 g/mol. The summed E-state index contributed by atoms with van der Waals surface area (Å²) in [4.78, 5) is -0.159. The fraction of sp³-hybridized carbons (Fsp3) is 0. The largest absolute Gasteiger partial charge is 0.398 e. The van der Waals surface area contributed by atoms with Crippen LogP contribution in [0.4, 0.5) is 21.5 Å². The third-order valence-electron chi connectivity index (χ3n) is 2.53. The number of rotatable bonds is 3. The maximum absolute atomic E-state index is 12.9. The van der Waals surface area contributed by atoms with Gasteiger partial charge in [0.05, 0.1) is 16.4 Å². The summed E-state index contributed by atoms with van der Waals surface area (Å²) < 4.78 is 35.4. The molecule has 0 radical (unpaired) electrons. The van der Waals surface area contributed by atoms with Gasteiger partial charge >= 0.3 is 0 Å². The summed E-state index contributed by atoms with van der Waals surface area (Å²) in [7, 11) is -3.87. The third kappa shape index (κ3) is 3.19. The van der Waals surface area contributed by atoms with E-state index in [2.05, 4.69) is 5.32 Å². The van der Waals surface area contributed by atoms with E-state index in [1.54, 1.807) is 0 Å². The number of sulfonamides is 1. The molecule has 0 aliphatic heterocycles. The third-order valence-corrected chi connectivity index (χ3v) is 3.82. The Morgan fingerprint density at radius 1 is 1.15 bits per heavy atom. The van der Waals surface area contributed by atoms with E-state index in [0.717, 1.165) is 6.07 Å². The lowest BCUT2D eigenvalue weighted by Gasteiger charge is -2.10. The highest BCUT2D eigenvalue weighted by Crippen LogP contribution is 2.28. The van der Waals surface area contributed by atoms with Crippen LogP contribution in [-0.2, 0) is 10.0 Å². The van der Waals surface area contributed by atoms with Gasteiger partial charge in [-0.1, -0.05) is 11.6 Å². The van der Waals surface area contributed by atoms with Crippen molar-refractivity contribution in [3.8, 4) is 0 Å². The molecular formula is C12H11ClFN3O2S. The second-order valence-corrected chi connectivity index (χ2v) is 5.98. The van der Waals surface area contributed by atoms with Crippen molar-refractivity contribution in [3.63, 3.8) is 0 Å². The molecule has 0 aliphatic carbocycles. The fourth-order valence-corrected chi connectivity index (χ4v) is 2.49. The van der Waals surface area contributed by atoms with Crippen molar-refractivity contribution in [1.82, 2.24) is 0 Å². The Kier molecular flexibility index (Phi) is 3.85. The molecule has 0 unspecified atom stereocenters. The summed E-state index contributed by atoms with van der Waals surface area (Å²) in [5.74, 6) is -0.454. The Balaban J connectivity index is 2.34. The fourth-order valence-electron chi connectivity index (χ4n) is 1.63. The number of nitrogens with two attached hydrogens (primary N) is 2. The van der Waals surface area contributed by atoms with Crippen LogP contribution in [0.15, 0.2) is 41.3 Å². The minimum absolute atomic E-state index is 0.00994.